The SMILES string of the molecule is O=C=Cc1ccc(O)c([N+](=O)[O-])c1. The van der Waals surface area contributed by atoms with Crippen molar-refractivity contribution in [2.75, 3.05) is 0 Å². The summed E-state index contributed by atoms with van der Waals surface area (Å²) in [6.07, 6.45) is 1.05. The van der Waals surface area contributed by atoms with Crippen molar-refractivity contribution in [3.05, 3.63) is 33.9 Å². The second-order valence-electron chi connectivity index (χ2n) is 2.27. The zero-order valence-electron chi connectivity index (χ0n) is 6.43. The Hall–Kier alpha value is -2.13. The van der Waals surface area contributed by atoms with E-state index in [-0.39, 0.29) is 0 Å². The van der Waals surface area contributed by atoms with Crippen LogP contribution in [0.4, 0.5) is 5.69 Å². The van der Waals surface area contributed by atoms with E-state index in [1.54, 1.807) is 0 Å². The number of rotatable bonds is 2. The first kappa shape index (κ1) is 8.96. The first-order valence-corrected chi connectivity index (χ1v) is 3.33. The Labute approximate surface area is 73.1 Å². The zero-order valence-corrected chi connectivity index (χ0v) is 6.43. The van der Waals surface area contributed by atoms with Crippen molar-refractivity contribution in [2.45, 2.75) is 0 Å². The third-order valence-electron chi connectivity index (χ3n) is 1.42. The number of phenols is 1. The van der Waals surface area contributed by atoms with Gasteiger partial charge >= 0.3 is 5.69 Å². The molecule has 0 aromatic heterocycles. The van der Waals surface area contributed by atoms with Crippen molar-refractivity contribution in [1.82, 2.24) is 0 Å². The van der Waals surface area contributed by atoms with Crippen LogP contribution >= 0.6 is 0 Å². The Balaban J connectivity index is 3.26. The fraction of sp³-hybridized carbons (Fsp3) is 0. The van der Waals surface area contributed by atoms with Crippen LogP contribution in [0.1, 0.15) is 5.56 Å². The molecule has 1 N–H and O–H groups in total. The molecule has 0 bridgehead atoms. The monoisotopic (exact) mass is 179 g/mol. The number of aromatic hydroxyl groups is 1. The smallest absolute Gasteiger partial charge is 0.311 e. The summed E-state index contributed by atoms with van der Waals surface area (Å²) in [5.41, 5.74) is -0.0940. The first-order valence-electron chi connectivity index (χ1n) is 3.33. The molecule has 0 unspecified atom stereocenters. The summed E-state index contributed by atoms with van der Waals surface area (Å²) >= 11 is 0. The molecule has 5 nitrogen and oxygen atoms in total. The summed E-state index contributed by atoms with van der Waals surface area (Å²) in [5.74, 6) is 1.07. The summed E-state index contributed by atoms with van der Waals surface area (Å²) in [5, 5.41) is 19.3. The topological polar surface area (TPSA) is 80.4 Å². The lowest BCUT2D eigenvalue weighted by atomic mass is 10.2. The molecule has 0 heterocycles. The minimum Gasteiger partial charge on any atom is -0.502 e. The van der Waals surface area contributed by atoms with E-state index in [0.717, 1.165) is 18.2 Å². The van der Waals surface area contributed by atoms with Crippen LogP contribution in [0.3, 0.4) is 0 Å². The number of phenolic OH excluding ortho intramolecular Hbond substituents is 1. The predicted molar refractivity (Wildman–Crippen MR) is 44.9 cm³/mol. The van der Waals surface area contributed by atoms with E-state index in [1.807, 2.05) is 0 Å². The van der Waals surface area contributed by atoms with Gasteiger partial charge in [0.15, 0.2) is 5.75 Å². The maximum Gasteiger partial charge on any atom is 0.311 e. The molecular weight excluding hydrogens is 174 g/mol. The highest BCUT2D eigenvalue weighted by molar-refractivity contribution is 5.76. The number of carbonyl (C=O) groups excluding carboxylic acids is 1. The van der Waals surface area contributed by atoms with Gasteiger partial charge in [0.25, 0.3) is 0 Å². The number of nitro groups is 1. The zero-order chi connectivity index (χ0) is 9.84. The molecule has 5 heteroatoms. The lowest BCUT2D eigenvalue weighted by Gasteiger charge is -1.95. The van der Waals surface area contributed by atoms with Gasteiger partial charge in [0, 0.05) is 12.1 Å². The average Bonchev–Trinajstić information content (AvgIpc) is 2.08. The van der Waals surface area contributed by atoms with Gasteiger partial charge in [0.05, 0.1) is 4.92 Å². The maximum atomic E-state index is 10.3. The highest BCUT2D eigenvalue weighted by Crippen LogP contribution is 2.26. The van der Waals surface area contributed by atoms with E-state index in [2.05, 4.69) is 0 Å². The highest BCUT2D eigenvalue weighted by Gasteiger charge is 2.12. The fourth-order valence-electron chi connectivity index (χ4n) is 0.845. The highest BCUT2D eigenvalue weighted by atomic mass is 16.6. The molecule has 0 aliphatic rings. The van der Waals surface area contributed by atoms with E-state index in [9.17, 15) is 14.9 Å². The van der Waals surface area contributed by atoms with Crippen molar-refractivity contribution in [3.63, 3.8) is 0 Å². The minimum absolute atomic E-state index is 0.333. The summed E-state index contributed by atoms with van der Waals surface area (Å²) in [7, 11) is 0. The van der Waals surface area contributed by atoms with Crippen LogP contribution in [0, 0.1) is 10.1 Å². The van der Waals surface area contributed by atoms with Gasteiger partial charge in [-0.3, -0.25) is 10.1 Å². The molecule has 1 rings (SSSR count). The van der Waals surface area contributed by atoms with Crippen molar-refractivity contribution < 1.29 is 14.8 Å². The van der Waals surface area contributed by atoms with Crippen LogP contribution in [0.15, 0.2) is 18.2 Å². The molecule has 0 aliphatic heterocycles. The average molecular weight is 179 g/mol. The predicted octanol–water partition coefficient (Wildman–Crippen LogP) is 1.15. The van der Waals surface area contributed by atoms with Crippen LogP contribution < -0.4 is 0 Å². The standard InChI is InChI=1S/C8H5NO4/c10-4-3-6-1-2-8(11)7(5-6)9(12)13/h1-3,5,11H. The van der Waals surface area contributed by atoms with E-state index in [4.69, 9.17) is 5.11 Å². The first-order chi connectivity index (χ1) is 6.15. The van der Waals surface area contributed by atoms with Crippen molar-refractivity contribution in [1.29, 1.82) is 0 Å². The van der Waals surface area contributed by atoms with E-state index < -0.39 is 16.4 Å². The normalized spacial score (nSPS) is 8.92. The Morgan fingerprint density at radius 3 is 2.77 bits per heavy atom. The molecule has 66 valence electrons. The lowest BCUT2D eigenvalue weighted by Crippen LogP contribution is -1.88. The van der Waals surface area contributed by atoms with Gasteiger partial charge in [0.2, 0.25) is 0 Å². The van der Waals surface area contributed by atoms with Gasteiger partial charge in [-0.1, -0.05) is 6.07 Å². The third kappa shape index (κ3) is 1.91. The molecule has 0 amide bonds. The van der Waals surface area contributed by atoms with Gasteiger partial charge < -0.3 is 5.11 Å². The molecule has 0 fully saturated rings. The molecule has 0 saturated carbocycles. The Kier molecular flexibility index (Phi) is 2.42. The summed E-state index contributed by atoms with van der Waals surface area (Å²) < 4.78 is 0. The molecule has 0 saturated heterocycles. The number of benzene rings is 1. The Morgan fingerprint density at radius 1 is 1.54 bits per heavy atom. The minimum atomic E-state index is -0.725. The van der Waals surface area contributed by atoms with Gasteiger partial charge in [0.1, 0.15) is 5.94 Å². The number of nitro benzene ring substituents is 1. The Bertz CT molecular complexity index is 393. The van der Waals surface area contributed by atoms with Crippen LogP contribution in [-0.4, -0.2) is 16.0 Å². The fourth-order valence-corrected chi connectivity index (χ4v) is 0.845. The maximum absolute atomic E-state index is 10.3. The number of hydrogen-bond donors (Lipinski definition) is 1. The molecule has 0 aliphatic carbocycles. The van der Waals surface area contributed by atoms with Crippen LogP contribution in [0.2, 0.25) is 0 Å². The van der Waals surface area contributed by atoms with Gasteiger partial charge in [-0.05, 0) is 11.6 Å². The molecule has 13 heavy (non-hydrogen) atoms. The summed E-state index contributed by atoms with van der Waals surface area (Å²) in [6.45, 7) is 0. The second-order valence-corrected chi connectivity index (χ2v) is 2.27. The van der Waals surface area contributed by atoms with E-state index in [1.165, 1.54) is 12.0 Å². The molecule has 0 radical (unpaired) electrons. The van der Waals surface area contributed by atoms with Gasteiger partial charge in [-0.2, -0.15) is 0 Å². The van der Waals surface area contributed by atoms with Crippen molar-refractivity contribution >= 4 is 17.7 Å². The molecule has 1 aromatic rings. The molecule has 0 atom stereocenters. The van der Waals surface area contributed by atoms with Crippen LogP contribution in [0.5, 0.6) is 5.75 Å². The van der Waals surface area contributed by atoms with Crippen LogP contribution in [-0.2, 0) is 4.79 Å². The van der Waals surface area contributed by atoms with Crippen molar-refractivity contribution in [3.8, 4) is 5.75 Å². The van der Waals surface area contributed by atoms with E-state index >= 15 is 0 Å². The number of nitrogens with zero attached hydrogens (tertiary/aromatic N) is 1. The second kappa shape index (κ2) is 3.51. The van der Waals surface area contributed by atoms with Crippen LogP contribution in [0.25, 0.3) is 6.08 Å². The third-order valence-corrected chi connectivity index (χ3v) is 1.42. The van der Waals surface area contributed by atoms with Gasteiger partial charge in [-0.25, -0.2) is 4.79 Å². The number of hydrogen-bond acceptors (Lipinski definition) is 4. The quantitative estimate of drug-likeness (QED) is 0.419. The molecular formula is C8H5NO4. The Morgan fingerprint density at radius 2 is 2.23 bits per heavy atom. The summed E-state index contributed by atoms with van der Waals surface area (Å²) in [4.78, 5) is 19.5. The van der Waals surface area contributed by atoms with E-state index in [0.29, 0.717) is 5.56 Å². The van der Waals surface area contributed by atoms with Crippen molar-refractivity contribution in [2.24, 2.45) is 0 Å². The lowest BCUT2D eigenvalue weighted by molar-refractivity contribution is -0.385. The largest absolute Gasteiger partial charge is 0.502 e. The summed E-state index contributed by atoms with van der Waals surface area (Å²) in [6, 6.07) is 3.63. The van der Waals surface area contributed by atoms with Gasteiger partial charge in [-0.15, -0.1) is 0 Å². The molecule has 1 aromatic carbocycles. The molecule has 0 spiro atoms.